The van der Waals surface area contributed by atoms with Crippen LogP contribution < -0.4 is 0 Å². The first-order valence-corrected chi connectivity index (χ1v) is 18.9. The molecule has 0 spiro atoms. The summed E-state index contributed by atoms with van der Waals surface area (Å²) in [5.41, 5.74) is 13.3. The number of nitrogens with zero attached hydrogens (tertiary/aromatic N) is 2. The van der Waals surface area contributed by atoms with Crippen LogP contribution in [0.2, 0.25) is 0 Å². The zero-order valence-electron chi connectivity index (χ0n) is 28.6. The van der Waals surface area contributed by atoms with Crippen LogP contribution in [0, 0.1) is 10.8 Å². The number of aromatic nitrogens is 2. The van der Waals surface area contributed by atoms with Crippen LogP contribution in [0.15, 0.2) is 84.9 Å². The molecule has 0 amide bonds. The molecule has 3 aliphatic rings. The van der Waals surface area contributed by atoms with E-state index >= 15 is 0 Å². The van der Waals surface area contributed by atoms with E-state index in [0.717, 1.165) is 21.2 Å². The largest absolute Gasteiger partial charge is 0.247 e. The van der Waals surface area contributed by atoms with Crippen molar-refractivity contribution in [2.75, 3.05) is 4.43 Å². The Morgan fingerprint density at radius 1 is 0.596 bits per heavy atom. The number of halogens is 1. The third-order valence-corrected chi connectivity index (χ3v) is 14.9. The number of hydrogen-bond acceptors (Lipinski definition) is 2. The van der Waals surface area contributed by atoms with Crippen molar-refractivity contribution in [1.29, 1.82) is 0 Å². The van der Waals surface area contributed by atoms with Crippen LogP contribution in [-0.4, -0.2) is 14.4 Å². The molecule has 3 aliphatic carbocycles. The highest BCUT2D eigenvalue weighted by molar-refractivity contribution is 14.1. The summed E-state index contributed by atoms with van der Waals surface area (Å²) in [6.45, 7) is 17.4. The summed E-state index contributed by atoms with van der Waals surface area (Å²) in [7, 11) is 0. The summed E-state index contributed by atoms with van der Waals surface area (Å²) in [6.07, 6.45) is 2.48. The third-order valence-electron chi connectivity index (χ3n) is 14.0. The second-order valence-corrected chi connectivity index (χ2v) is 17.3. The fourth-order valence-corrected chi connectivity index (χ4v) is 11.9. The maximum atomic E-state index is 5.54. The van der Waals surface area contributed by atoms with E-state index < -0.39 is 0 Å². The molecule has 0 N–H and O–H groups in total. The zero-order chi connectivity index (χ0) is 32.7. The minimum absolute atomic E-state index is 0.0511. The second kappa shape index (κ2) is 9.65. The van der Waals surface area contributed by atoms with Gasteiger partial charge in [0.05, 0.1) is 22.4 Å². The molecule has 1 fully saturated rings. The molecule has 3 atom stereocenters. The van der Waals surface area contributed by atoms with Gasteiger partial charge in [0.25, 0.3) is 0 Å². The Bertz CT molecular complexity index is 2310. The quantitative estimate of drug-likeness (QED) is 0.134. The smallest absolute Gasteiger partial charge is 0.0756 e. The number of pyridine rings is 2. The molecule has 9 rings (SSSR count). The van der Waals surface area contributed by atoms with Crippen molar-refractivity contribution in [1.82, 2.24) is 9.97 Å². The van der Waals surface area contributed by atoms with Gasteiger partial charge in [0.2, 0.25) is 0 Å². The molecule has 4 aromatic carbocycles. The molecular formula is C44H43IN2. The third kappa shape index (κ3) is 3.57. The van der Waals surface area contributed by atoms with E-state index in [2.05, 4.69) is 156 Å². The molecule has 2 nitrogen and oxygen atoms in total. The topological polar surface area (TPSA) is 25.8 Å². The molecule has 0 radical (unpaired) electrons. The number of para-hydroxylation sites is 2. The monoisotopic (exact) mass is 726 g/mol. The highest BCUT2D eigenvalue weighted by Gasteiger charge is 2.61. The van der Waals surface area contributed by atoms with Crippen molar-refractivity contribution in [2.24, 2.45) is 10.8 Å². The first kappa shape index (κ1) is 29.8. The van der Waals surface area contributed by atoms with E-state index in [0.29, 0.717) is 11.8 Å². The van der Waals surface area contributed by atoms with Gasteiger partial charge < -0.3 is 0 Å². The van der Waals surface area contributed by atoms with Crippen molar-refractivity contribution >= 4 is 55.2 Å². The second-order valence-electron chi connectivity index (χ2n) is 16.4. The molecule has 1 saturated carbocycles. The van der Waals surface area contributed by atoms with Gasteiger partial charge in [-0.15, -0.1) is 0 Å². The van der Waals surface area contributed by atoms with Gasteiger partial charge in [0.15, 0.2) is 0 Å². The van der Waals surface area contributed by atoms with Gasteiger partial charge >= 0.3 is 0 Å². The summed E-state index contributed by atoms with van der Waals surface area (Å²) >= 11 is 2.62. The molecule has 6 aromatic rings. The Labute approximate surface area is 292 Å². The van der Waals surface area contributed by atoms with E-state index in [4.69, 9.17) is 9.97 Å². The molecule has 0 aliphatic heterocycles. The molecule has 236 valence electrons. The predicted octanol–water partition coefficient (Wildman–Crippen LogP) is 12.3. The van der Waals surface area contributed by atoms with Crippen molar-refractivity contribution in [3.8, 4) is 22.5 Å². The average molecular weight is 727 g/mol. The highest BCUT2D eigenvalue weighted by Crippen LogP contribution is 2.70. The first-order valence-electron chi connectivity index (χ1n) is 17.4. The maximum absolute atomic E-state index is 5.54. The molecule has 3 unspecified atom stereocenters. The van der Waals surface area contributed by atoms with Gasteiger partial charge in [-0.25, -0.2) is 9.97 Å². The molecule has 2 bridgehead atoms. The number of fused-ring (bicyclic) bond motifs is 11. The van der Waals surface area contributed by atoms with Gasteiger partial charge in [-0.05, 0) is 86.1 Å². The molecule has 3 heteroatoms. The van der Waals surface area contributed by atoms with Crippen LogP contribution in [0.4, 0.5) is 0 Å². The van der Waals surface area contributed by atoms with Gasteiger partial charge in [-0.2, -0.15) is 0 Å². The Morgan fingerprint density at radius 2 is 1.11 bits per heavy atom. The lowest BCUT2D eigenvalue weighted by atomic mass is 9.65. The van der Waals surface area contributed by atoms with Gasteiger partial charge in [0.1, 0.15) is 0 Å². The van der Waals surface area contributed by atoms with Gasteiger partial charge in [-0.1, -0.05) is 144 Å². The zero-order valence-corrected chi connectivity index (χ0v) is 30.8. The van der Waals surface area contributed by atoms with E-state index in [9.17, 15) is 0 Å². The molecule has 2 heterocycles. The van der Waals surface area contributed by atoms with Crippen molar-refractivity contribution < 1.29 is 0 Å². The maximum Gasteiger partial charge on any atom is 0.0756 e. The normalized spacial score (nSPS) is 24.7. The standard InChI is InChI=1S/C44H43IN2/c1-41(2)32(24-45)36-30-15-9-11-21-34(30)46-39(37(36)43(41,5)6)27-18-12-17-26-25(27)16-13-19-28(26)40-38-35(29-14-8-10-20-33(29)47-40)31-22-23-44(38,7)42(31,3)4/h8-21,31-32H,22-24H2,1-7H3. The minimum Gasteiger partial charge on any atom is -0.247 e. The van der Waals surface area contributed by atoms with Crippen LogP contribution >= 0.6 is 22.6 Å². The van der Waals surface area contributed by atoms with E-state index in [-0.39, 0.29) is 21.7 Å². The Balaban J connectivity index is 1.36. The number of rotatable bonds is 3. The SMILES string of the molecule is CC1(C)c2c(-c3cccc4c(-c5nc6ccccc6c6c5C5(C)CCC6C5(C)C)cccc34)nc3ccccc3c2C(CI)C1(C)C. The lowest BCUT2D eigenvalue weighted by molar-refractivity contribution is 0.194. The number of alkyl halides is 1. The lowest BCUT2D eigenvalue weighted by Gasteiger charge is -2.39. The molecule has 2 aromatic heterocycles. The van der Waals surface area contributed by atoms with Gasteiger partial charge in [-0.3, -0.25) is 0 Å². The van der Waals surface area contributed by atoms with Crippen LogP contribution in [-0.2, 0) is 10.8 Å². The van der Waals surface area contributed by atoms with Crippen LogP contribution in [0.3, 0.4) is 0 Å². The van der Waals surface area contributed by atoms with Gasteiger partial charge in [0, 0.05) is 31.7 Å². The lowest BCUT2D eigenvalue weighted by Crippen LogP contribution is -2.35. The van der Waals surface area contributed by atoms with Crippen LogP contribution in [0.25, 0.3) is 55.1 Å². The summed E-state index contributed by atoms with van der Waals surface area (Å²) < 4.78 is 1.09. The van der Waals surface area contributed by atoms with E-state index in [1.54, 1.807) is 5.56 Å². The minimum atomic E-state index is -0.0511. The Hall–Kier alpha value is -3.31. The molecular weight excluding hydrogens is 683 g/mol. The van der Waals surface area contributed by atoms with Crippen LogP contribution in [0.5, 0.6) is 0 Å². The van der Waals surface area contributed by atoms with E-state index in [1.165, 1.54) is 67.9 Å². The van der Waals surface area contributed by atoms with Crippen LogP contribution in [0.1, 0.15) is 95.4 Å². The predicted molar refractivity (Wildman–Crippen MR) is 207 cm³/mol. The first-order chi connectivity index (χ1) is 22.4. The summed E-state index contributed by atoms with van der Waals surface area (Å²) in [4.78, 5) is 11.1. The fourth-order valence-electron chi connectivity index (χ4n) is 10.3. The number of hydrogen-bond donors (Lipinski definition) is 0. The average Bonchev–Trinajstić information content (AvgIpc) is 3.48. The van der Waals surface area contributed by atoms with Crippen molar-refractivity contribution in [3.05, 3.63) is 107 Å². The summed E-state index contributed by atoms with van der Waals surface area (Å²) in [6, 6.07) is 31.5. The van der Waals surface area contributed by atoms with Crippen molar-refractivity contribution in [2.45, 2.75) is 84.0 Å². The van der Waals surface area contributed by atoms with E-state index in [1.807, 2.05) is 0 Å². The summed E-state index contributed by atoms with van der Waals surface area (Å²) in [5.74, 6) is 1.01. The summed E-state index contributed by atoms with van der Waals surface area (Å²) in [5, 5.41) is 5.19. The molecule has 47 heavy (non-hydrogen) atoms. The van der Waals surface area contributed by atoms with Crippen molar-refractivity contribution in [3.63, 3.8) is 0 Å². The fraction of sp³-hybridized carbons (Fsp3) is 0.364. The Morgan fingerprint density at radius 3 is 1.68 bits per heavy atom. The highest BCUT2D eigenvalue weighted by atomic mass is 127. The Kier molecular flexibility index (Phi) is 6.12. The molecule has 0 saturated heterocycles. The number of benzene rings is 4.